The molecule has 0 aliphatic rings. The lowest BCUT2D eigenvalue weighted by Crippen LogP contribution is -2.52. The third-order valence-corrected chi connectivity index (χ3v) is 8.68. The van der Waals surface area contributed by atoms with Crippen molar-refractivity contribution in [1.82, 2.24) is 10.2 Å². The van der Waals surface area contributed by atoms with Crippen molar-refractivity contribution in [3.63, 3.8) is 0 Å². The van der Waals surface area contributed by atoms with E-state index < -0.39 is 28.5 Å². The Morgan fingerprint density at radius 2 is 1.56 bits per heavy atom. The van der Waals surface area contributed by atoms with E-state index in [1.807, 2.05) is 20.8 Å². The Balaban J connectivity index is 2.06. The molecule has 0 unspecified atom stereocenters. The van der Waals surface area contributed by atoms with Gasteiger partial charge in [0.2, 0.25) is 11.8 Å². The average molecular weight is 611 g/mol. The molecule has 0 heterocycles. The Morgan fingerprint density at radius 1 is 0.897 bits per heavy atom. The zero-order valence-electron chi connectivity index (χ0n) is 22.0. The van der Waals surface area contributed by atoms with Gasteiger partial charge in [0.05, 0.1) is 20.6 Å². The van der Waals surface area contributed by atoms with Gasteiger partial charge in [-0.1, -0.05) is 64.6 Å². The molecule has 0 radical (unpaired) electrons. The summed E-state index contributed by atoms with van der Waals surface area (Å²) in [6.07, 6.45) is 0. The van der Waals surface area contributed by atoms with Crippen LogP contribution >= 0.6 is 34.8 Å². The summed E-state index contributed by atoms with van der Waals surface area (Å²) < 4.78 is 28.6. The van der Waals surface area contributed by atoms with E-state index in [-0.39, 0.29) is 39.1 Å². The van der Waals surface area contributed by atoms with E-state index in [0.717, 1.165) is 9.87 Å². The van der Waals surface area contributed by atoms with Gasteiger partial charge in [-0.2, -0.15) is 0 Å². The van der Waals surface area contributed by atoms with Crippen LogP contribution in [0.1, 0.15) is 31.9 Å². The van der Waals surface area contributed by atoms with E-state index in [1.54, 1.807) is 43.3 Å². The van der Waals surface area contributed by atoms with Crippen molar-refractivity contribution in [3.8, 4) is 0 Å². The molecule has 0 spiro atoms. The summed E-state index contributed by atoms with van der Waals surface area (Å²) in [6.45, 7) is 6.51. The number of rotatable bonds is 10. The highest BCUT2D eigenvalue weighted by Gasteiger charge is 2.33. The smallest absolute Gasteiger partial charge is 0.264 e. The normalized spacial score (nSPS) is 12.2. The highest BCUT2D eigenvalue weighted by Crippen LogP contribution is 2.31. The standard InChI is InChI=1S/C28H30Cl3N3O4S/c1-18(2)32-28(36)20(4)33(16-21-6-5-7-22(29)14-21)27(35)17-34(23-10-13-25(30)26(31)15-23)39(37,38)24-11-8-19(3)9-12-24/h5-15,18,20H,16-17H2,1-4H3,(H,32,36)/t20-/m1/s1. The van der Waals surface area contributed by atoms with Gasteiger partial charge in [-0.25, -0.2) is 8.42 Å². The predicted octanol–water partition coefficient (Wildman–Crippen LogP) is 6.09. The Labute approximate surface area is 244 Å². The monoisotopic (exact) mass is 609 g/mol. The lowest BCUT2D eigenvalue weighted by molar-refractivity contribution is -0.139. The summed E-state index contributed by atoms with van der Waals surface area (Å²) in [5.74, 6) is -0.967. The first-order valence-electron chi connectivity index (χ1n) is 12.2. The predicted molar refractivity (Wildman–Crippen MR) is 157 cm³/mol. The van der Waals surface area contributed by atoms with E-state index in [0.29, 0.717) is 10.6 Å². The molecule has 2 amide bonds. The first-order valence-corrected chi connectivity index (χ1v) is 14.8. The molecular weight excluding hydrogens is 581 g/mol. The topological polar surface area (TPSA) is 86.8 Å². The summed E-state index contributed by atoms with van der Waals surface area (Å²) in [5, 5.41) is 3.65. The molecule has 3 rings (SSSR count). The van der Waals surface area contributed by atoms with Crippen LogP contribution in [0.25, 0.3) is 0 Å². The molecule has 1 atom stereocenters. The highest BCUT2D eigenvalue weighted by atomic mass is 35.5. The van der Waals surface area contributed by atoms with E-state index in [9.17, 15) is 18.0 Å². The number of carbonyl (C=O) groups is 2. The second-order valence-electron chi connectivity index (χ2n) is 9.41. The maximum atomic E-state index is 13.9. The number of nitrogens with one attached hydrogen (secondary N) is 1. The lowest BCUT2D eigenvalue weighted by Gasteiger charge is -2.32. The van der Waals surface area contributed by atoms with Crippen molar-refractivity contribution in [2.24, 2.45) is 0 Å². The van der Waals surface area contributed by atoms with Gasteiger partial charge in [-0.05, 0) is 75.7 Å². The van der Waals surface area contributed by atoms with Crippen LogP contribution in [0.4, 0.5) is 5.69 Å². The van der Waals surface area contributed by atoms with Gasteiger partial charge in [-0.3, -0.25) is 13.9 Å². The second kappa shape index (κ2) is 13.0. The van der Waals surface area contributed by atoms with Gasteiger partial charge in [0.1, 0.15) is 12.6 Å². The zero-order chi connectivity index (χ0) is 28.9. The highest BCUT2D eigenvalue weighted by molar-refractivity contribution is 7.92. The summed E-state index contributed by atoms with van der Waals surface area (Å²) in [6, 6.07) is 16.5. The quantitative estimate of drug-likeness (QED) is 0.301. The maximum absolute atomic E-state index is 13.9. The minimum atomic E-state index is -4.21. The number of benzene rings is 3. The van der Waals surface area contributed by atoms with Crippen LogP contribution in [0.2, 0.25) is 15.1 Å². The number of sulfonamides is 1. The van der Waals surface area contributed by atoms with Crippen LogP contribution in [0.3, 0.4) is 0 Å². The molecule has 0 saturated heterocycles. The lowest BCUT2D eigenvalue weighted by atomic mass is 10.1. The van der Waals surface area contributed by atoms with Crippen LogP contribution in [0.5, 0.6) is 0 Å². The number of amides is 2. The molecule has 0 bridgehead atoms. The van der Waals surface area contributed by atoms with Crippen LogP contribution in [0, 0.1) is 6.92 Å². The third kappa shape index (κ3) is 7.88. The SMILES string of the molecule is Cc1ccc(S(=O)(=O)N(CC(=O)N(Cc2cccc(Cl)c2)[C@H](C)C(=O)NC(C)C)c2ccc(Cl)c(Cl)c2)cc1. The first kappa shape index (κ1) is 30.8. The van der Waals surface area contributed by atoms with Crippen LogP contribution in [-0.4, -0.2) is 43.8 Å². The molecule has 0 aliphatic heterocycles. The van der Waals surface area contributed by atoms with E-state index in [1.165, 1.54) is 35.2 Å². The van der Waals surface area contributed by atoms with E-state index >= 15 is 0 Å². The summed E-state index contributed by atoms with van der Waals surface area (Å²) in [7, 11) is -4.21. The molecule has 0 aliphatic carbocycles. The number of halogens is 3. The molecule has 3 aromatic rings. The van der Waals surface area contributed by atoms with Crippen molar-refractivity contribution in [2.45, 2.75) is 51.2 Å². The Kier molecular flexibility index (Phi) is 10.3. The molecular formula is C28H30Cl3N3O4S. The molecule has 0 aromatic heterocycles. The maximum Gasteiger partial charge on any atom is 0.264 e. The molecule has 0 saturated carbocycles. The first-order chi connectivity index (χ1) is 18.3. The number of hydrogen-bond acceptors (Lipinski definition) is 4. The van der Waals surface area contributed by atoms with Crippen molar-refractivity contribution in [2.75, 3.05) is 10.8 Å². The van der Waals surface area contributed by atoms with Crippen LogP contribution in [0.15, 0.2) is 71.6 Å². The van der Waals surface area contributed by atoms with Crippen molar-refractivity contribution >= 4 is 62.3 Å². The number of nitrogens with zero attached hydrogens (tertiary/aromatic N) is 2. The molecule has 0 fully saturated rings. The Hall–Kier alpha value is -2.78. The number of anilines is 1. The largest absolute Gasteiger partial charge is 0.352 e. The van der Waals surface area contributed by atoms with Crippen LogP contribution < -0.4 is 9.62 Å². The van der Waals surface area contributed by atoms with Gasteiger partial charge in [0.15, 0.2) is 0 Å². The number of carbonyl (C=O) groups excluding carboxylic acids is 2. The number of hydrogen-bond donors (Lipinski definition) is 1. The van der Waals surface area contributed by atoms with Gasteiger partial charge in [0.25, 0.3) is 10.0 Å². The van der Waals surface area contributed by atoms with Gasteiger partial charge in [0, 0.05) is 17.6 Å². The van der Waals surface area contributed by atoms with Gasteiger partial charge in [-0.15, -0.1) is 0 Å². The van der Waals surface area contributed by atoms with Crippen LogP contribution in [-0.2, 0) is 26.2 Å². The minimum Gasteiger partial charge on any atom is -0.352 e. The van der Waals surface area contributed by atoms with Crippen molar-refractivity contribution < 1.29 is 18.0 Å². The van der Waals surface area contributed by atoms with Gasteiger partial charge < -0.3 is 10.2 Å². The molecule has 1 N–H and O–H groups in total. The summed E-state index contributed by atoms with van der Waals surface area (Å²) >= 11 is 18.5. The Bertz CT molecular complexity index is 1450. The number of aryl methyl sites for hydroxylation is 1. The van der Waals surface area contributed by atoms with Crippen molar-refractivity contribution in [3.05, 3.63) is 92.9 Å². The van der Waals surface area contributed by atoms with Crippen molar-refractivity contribution in [1.29, 1.82) is 0 Å². The van der Waals surface area contributed by atoms with E-state index in [4.69, 9.17) is 34.8 Å². The molecule has 39 heavy (non-hydrogen) atoms. The molecule has 7 nitrogen and oxygen atoms in total. The molecule has 3 aromatic carbocycles. The third-order valence-electron chi connectivity index (χ3n) is 5.92. The molecule has 11 heteroatoms. The van der Waals surface area contributed by atoms with E-state index in [2.05, 4.69) is 5.32 Å². The summed E-state index contributed by atoms with van der Waals surface area (Å²) in [4.78, 5) is 28.2. The fourth-order valence-electron chi connectivity index (χ4n) is 3.83. The molecule has 208 valence electrons. The summed E-state index contributed by atoms with van der Waals surface area (Å²) in [5.41, 5.74) is 1.71. The Morgan fingerprint density at radius 3 is 2.15 bits per heavy atom. The fraction of sp³-hybridized carbons (Fsp3) is 0.286. The zero-order valence-corrected chi connectivity index (χ0v) is 25.1. The fourth-order valence-corrected chi connectivity index (χ4v) is 5.74. The average Bonchev–Trinajstić information content (AvgIpc) is 2.87. The van der Waals surface area contributed by atoms with Gasteiger partial charge >= 0.3 is 0 Å². The second-order valence-corrected chi connectivity index (χ2v) is 12.5. The minimum absolute atomic E-state index is 0.000960.